The van der Waals surface area contributed by atoms with E-state index < -0.39 is 34.2 Å². The number of carboxylic acids is 1. The Morgan fingerprint density at radius 1 is 1.47 bits per heavy atom. The SMILES string of the molecule is CN(CC(=O)O)C(=O)C1CCS(=O)(=O)C1. The molecular formula is C8H13NO5S. The van der Waals surface area contributed by atoms with Gasteiger partial charge in [0.15, 0.2) is 9.84 Å². The predicted octanol–water partition coefficient (Wildman–Crippen LogP) is -1.04. The molecule has 1 rings (SSSR count). The molecule has 0 saturated carbocycles. The summed E-state index contributed by atoms with van der Waals surface area (Å²) in [4.78, 5) is 23.0. The highest BCUT2D eigenvalue weighted by Gasteiger charge is 2.34. The van der Waals surface area contributed by atoms with E-state index in [1.807, 2.05) is 0 Å². The Labute approximate surface area is 87.8 Å². The van der Waals surface area contributed by atoms with E-state index >= 15 is 0 Å². The summed E-state index contributed by atoms with van der Waals surface area (Å²) >= 11 is 0. The van der Waals surface area contributed by atoms with Gasteiger partial charge < -0.3 is 10.0 Å². The average molecular weight is 235 g/mol. The van der Waals surface area contributed by atoms with Gasteiger partial charge in [0.25, 0.3) is 0 Å². The third-order valence-electron chi connectivity index (χ3n) is 2.33. The second-order valence-corrected chi connectivity index (χ2v) is 5.92. The minimum atomic E-state index is -3.10. The van der Waals surface area contributed by atoms with E-state index in [0.29, 0.717) is 6.42 Å². The number of hydrogen-bond acceptors (Lipinski definition) is 4. The fourth-order valence-corrected chi connectivity index (χ4v) is 3.31. The van der Waals surface area contributed by atoms with E-state index in [4.69, 9.17) is 5.11 Å². The lowest BCUT2D eigenvalue weighted by Crippen LogP contribution is -2.37. The molecule has 1 aliphatic heterocycles. The first-order chi connectivity index (χ1) is 6.82. The third kappa shape index (κ3) is 3.19. The van der Waals surface area contributed by atoms with Crippen LogP contribution in [-0.2, 0) is 19.4 Å². The van der Waals surface area contributed by atoms with Crippen LogP contribution in [-0.4, -0.2) is 55.4 Å². The number of hydrogen-bond donors (Lipinski definition) is 1. The Balaban J connectivity index is 2.59. The molecule has 1 atom stereocenters. The summed E-state index contributed by atoms with van der Waals surface area (Å²) in [5.74, 6) is -2.22. The normalized spacial score (nSPS) is 23.7. The van der Waals surface area contributed by atoms with Crippen molar-refractivity contribution in [2.75, 3.05) is 25.1 Å². The molecule has 86 valence electrons. The minimum absolute atomic E-state index is 0.0182. The molecule has 0 spiro atoms. The number of carboxylic acid groups (broad SMARTS) is 1. The van der Waals surface area contributed by atoms with Crippen LogP contribution in [0.15, 0.2) is 0 Å². The van der Waals surface area contributed by atoms with Crippen LogP contribution in [0.4, 0.5) is 0 Å². The Kier molecular flexibility index (Phi) is 3.33. The Morgan fingerprint density at radius 2 is 2.07 bits per heavy atom. The van der Waals surface area contributed by atoms with Crippen LogP contribution in [0.5, 0.6) is 0 Å². The van der Waals surface area contributed by atoms with Crippen LogP contribution in [0.2, 0.25) is 0 Å². The maximum atomic E-state index is 11.6. The van der Waals surface area contributed by atoms with E-state index in [-0.39, 0.29) is 11.5 Å². The van der Waals surface area contributed by atoms with Gasteiger partial charge in [-0.15, -0.1) is 0 Å². The number of rotatable bonds is 3. The maximum absolute atomic E-state index is 11.6. The Hall–Kier alpha value is -1.11. The van der Waals surface area contributed by atoms with Gasteiger partial charge in [0.2, 0.25) is 5.91 Å². The third-order valence-corrected chi connectivity index (χ3v) is 4.10. The smallest absolute Gasteiger partial charge is 0.323 e. The van der Waals surface area contributed by atoms with Crippen LogP contribution in [0.1, 0.15) is 6.42 Å². The first kappa shape index (κ1) is 12.0. The van der Waals surface area contributed by atoms with Gasteiger partial charge in [0, 0.05) is 7.05 Å². The van der Waals surface area contributed by atoms with Crippen LogP contribution >= 0.6 is 0 Å². The van der Waals surface area contributed by atoms with Gasteiger partial charge in [0.1, 0.15) is 6.54 Å². The standard InChI is InChI=1S/C8H13NO5S/c1-9(4-7(10)11)8(12)6-2-3-15(13,14)5-6/h6H,2-5H2,1H3,(H,10,11). The second-order valence-electron chi connectivity index (χ2n) is 3.69. The van der Waals surface area contributed by atoms with Gasteiger partial charge in [-0.1, -0.05) is 0 Å². The molecule has 15 heavy (non-hydrogen) atoms. The first-order valence-corrected chi connectivity index (χ1v) is 6.31. The molecule has 0 radical (unpaired) electrons. The lowest BCUT2D eigenvalue weighted by atomic mass is 10.1. The van der Waals surface area contributed by atoms with Crippen molar-refractivity contribution in [3.8, 4) is 0 Å². The lowest BCUT2D eigenvalue weighted by Gasteiger charge is -2.17. The number of amides is 1. The highest BCUT2D eigenvalue weighted by Crippen LogP contribution is 2.20. The molecule has 6 nitrogen and oxygen atoms in total. The van der Waals surface area contributed by atoms with Gasteiger partial charge in [-0.2, -0.15) is 0 Å². The average Bonchev–Trinajstić information content (AvgIpc) is 2.43. The van der Waals surface area contributed by atoms with Crippen molar-refractivity contribution in [2.45, 2.75) is 6.42 Å². The topological polar surface area (TPSA) is 91.8 Å². The number of sulfone groups is 1. The summed E-state index contributed by atoms with van der Waals surface area (Å²) in [5, 5.41) is 8.47. The maximum Gasteiger partial charge on any atom is 0.323 e. The molecule has 1 amide bonds. The summed E-state index contributed by atoms with van der Waals surface area (Å²) in [5.41, 5.74) is 0. The zero-order valence-electron chi connectivity index (χ0n) is 8.34. The molecule has 1 heterocycles. The molecule has 1 saturated heterocycles. The van der Waals surface area contributed by atoms with Crippen LogP contribution in [0.25, 0.3) is 0 Å². The van der Waals surface area contributed by atoms with Crippen LogP contribution in [0, 0.1) is 5.92 Å². The number of nitrogens with zero attached hydrogens (tertiary/aromatic N) is 1. The van der Waals surface area contributed by atoms with Gasteiger partial charge in [-0.05, 0) is 6.42 Å². The molecule has 1 fully saturated rings. The van der Waals surface area contributed by atoms with Crippen LogP contribution < -0.4 is 0 Å². The minimum Gasteiger partial charge on any atom is -0.480 e. The van der Waals surface area contributed by atoms with Crippen molar-refractivity contribution in [3.63, 3.8) is 0 Å². The van der Waals surface area contributed by atoms with Crippen molar-refractivity contribution in [2.24, 2.45) is 5.92 Å². The highest BCUT2D eigenvalue weighted by molar-refractivity contribution is 7.91. The molecule has 0 aromatic carbocycles. The number of likely N-dealkylation sites (N-methyl/N-ethyl adjacent to an activating group) is 1. The van der Waals surface area contributed by atoms with E-state index in [0.717, 1.165) is 4.90 Å². The zero-order chi connectivity index (χ0) is 11.6. The number of carbonyl (C=O) groups is 2. The Bertz CT molecular complexity index is 374. The van der Waals surface area contributed by atoms with Crippen molar-refractivity contribution < 1.29 is 23.1 Å². The van der Waals surface area contributed by atoms with Gasteiger partial charge in [-0.3, -0.25) is 9.59 Å². The van der Waals surface area contributed by atoms with E-state index in [1.165, 1.54) is 7.05 Å². The van der Waals surface area contributed by atoms with Gasteiger partial charge >= 0.3 is 5.97 Å². The summed E-state index contributed by atoms with van der Waals surface area (Å²) < 4.78 is 22.2. The summed E-state index contributed by atoms with van der Waals surface area (Å²) in [6.07, 6.45) is 0.297. The number of carbonyl (C=O) groups excluding carboxylic acids is 1. The molecule has 1 aliphatic rings. The summed E-state index contributed by atoms with van der Waals surface area (Å²) in [6.45, 7) is -0.393. The zero-order valence-corrected chi connectivity index (χ0v) is 9.16. The second kappa shape index (κ2) is 4.18. The molecule has 0 aromatic heterocycles. The van der Waals surface area contributed by atoms with Crippen molar-refractivity contribution >= 4 is 21.7 Å². The van der Waals surface area contributed by atoms with Gasteiger partial charge in [0.05, 0.1) is 17.4 Å². The summed E-state index contributed by atoms with van der Waals surface area (Å²) in [6, 6.07) is 0. The summed E-state index contributed by atoms with van der Waals surface area (Å²) in [7, 11) is -1.73. The molecule has 1 unspecified atom stereocenters. The highest BCUT2D eigenvalue weighted by atomic mass is 32.2. The largest absolute Gasteiger partial charge is 0.480 e. The monoisotopic (exact) mass is 235 g/mol. The predicted molar refractivity (Wildman–Crippen MR) is 52.0 cm³/mol. The number of aliphatic carboxylic acids is 1. The molecule has 7 heteroatoms. The van der Waals surface area contributed by atoms with Crippen molar-refractivity contribution in [3.05, 3.63) is 0 Å². The lowest BCUT2D eigenvalue weighted by molar-refractivity contribution is -0.144. The molecular weight excluding hydrogens is 222 g/mol. The van der Waals surface area contributed by atoms with E-state index in [9.17, 15) is 18.0 Å². The molecule has 1 N–H and O–H groups in total. The van der Waals surface area contributed by atoms with Crippen molar-refractivity contribution in [1.82, 2.24) is 4.90 Å². The van der Waals surface area contributed by atoms with E-state index in [2.05, 4.69) is 0 Å². The first-order valence-electron chi connectivity index (χ1n) is 4.49. The Morgan fingerprint density at radius 3 is 2.47 bits per heavy atom. The molecule has 0 aromatic rings. The fraction of sp³-hybridized carbons (Fsp3) is 0.750. The fourth-order valence-electron chi connectivity index (χ4n) is 1.58. The van der Waals surface area contributed by atoms with E-state index in [1.54, 1.807) is 0 Å². The van der Waals surface area contributed by atoms with Crippen molar-refractivity contribution in [1.29, 1.82) is 0 Å². The van der Waals surface area contributed by atoms with Gasteiger partial charge in [-0.25, -0.2) is 8.42 Å². The van der Waals surface area contributed by atoms with Crippen LogP contribution in [0.3, 0.4) is 0 Å². The molecule has 0 aliphatic carbocycles. The molecule has 0 bridgehead atoms. The quantitative estimate of drug-likeness (QED) is 0.675.